The first-order chi connectivity index (χ1) is 24.7. The van der Waals surface area contributed by atoms with Gasteiger partial charge in [-0.15, -0.1) is 0 Å². The summed E-state index contributed by atoms with van der Waals surface area (Å²) < 4.78 is 26.3. The molecule has 0 saturated heterocycles. The summed E-state index contributed by atoms with van der Waals surface area (Å²) in [5.74, 6) is 10.6. The molecule has 8 N–H and O–H groups in total. The van der Waals surface area contributed by atoms with Crippen molar-refractivity contribution >= 4 is 41.0 Å². The Morgan fingerprint density at radius 1 is 0.588 bits per heavy atom. The van der Waals surface area contributed by atoms with Gasteiger partial charge in [-0.1, -0.05) is 48.7 Å². The quantitative estimate of drug-likeness (QED) is 0.126. The number of benzene rings is 3. The molecule has 0 aliphatic heterocycles. The van der Waals surface area contributed by atoms with E-state index in [4.69, 9.17) is 11.5 Å². The molecule has 3 aromatic carbocycles. The minimum absolute atomic E-state index is 0.00398. The average molecular weight is 687 g/mol. The second-order valence-electron chi connectivity index (χ2n) is 11.1. The lowest BCUT2D eigenvalue weighted by Crippen LogP contribution is -2.36. The second kappa shape index (κ2) is 17.4. The fraction of sp³-hybridized carbons (Fsp3) is 0.135. The zero-order chi connectivity index (χ0) is 36.0. The third-order valence-electron chi connectivity index (χ3n) is 7.10. The number of carbonyl (C=O) groups excluding carboxylic acids is 2. The minimum atomic E-state index is -0.783. The first-order valence-electron chi connectivity index (χ1n) is 15.7. The van der Waals surface area contributed by atoms with Gasteiger partial charge in [0.05, 0.1) is 11.1 Å². The van der Waals surface area contributed by atoms with Crippen molar-refractivity contribution in [1.29, 1.82) is 0 Å². The van der Waals surface area contributed by atoms with E-state index in [9.17, 15) is 18.4 Å². The lowest BCUT2D eigenvalue weighted by molar-refractivity contribution is 0.248. The molecule has 0 radical (unpaired) electrons. The number of carbonyl (C=O) groups is 2. The Labute approximate surface area is 292 Å². The van der Waals surface area contributed by atoms with Gasteiger partial charge >= 0.3 is 12.1 Å². The van der Waals surface area contributed by atoms with Crippen LogP contribution >= 0.6 is 0 Å². The number of nitrogens with one attached hydrogen (secondary N) is 4. The molecule has 5 aromatic rings. The number of anilines is 5. The highest BCUT2D eigenvalue weighted by molar-refractivity contribution is 5.99. The zero-order valence-electron chi connectivity index (χ0n) is 27.1. The van der Waals surface area contributed by atoms with Crippen LogP contribution in [0.3, 0.4) is 0 Å². The maximum Gasteiger partial charge on any atom is 0.323 e. The van der Waals surface area contributed by atoms with E-state index in [-0.39, 0.29) is 23.6 Å². The number of amides is 4. The van der Waals surface area contributed by atoms with Crippen molar-refractivity contribution in [1.82, 2.24) is 25.3 Å². The number of nitrogens with zero attached hydrogens (tertiary/aromatic N) is 4. The first kappa shape index (κ1) is 35.3. The maximum atomic E-state index is 13.2. The Hall–Kier alpha value is -7.06. The largest absolute Gasteiger partial charge is 0.368 e. The van der Waals surface area contributed by atoms with Crippen LogP contribution in [0.4, 0.5) is 47.3 Å². The van der Waals surface area contributed by atoms with Crippen molar-refractivity contribution in [2.24, 2.45) is 0 Å². The summed E-state index contributed by atoms with van der Waals surface area (Å²) in [5, 5.41) is 10.8. The molecule has 0 unspecified atom stereocenters. The molecule has 2 heterocycles. The van der Waals surface area contributed by atoms with E-state index in [0.717, 1.165) is 36.6 Å². The molecule has 12 nitrogen and oxygen atoms in total. The van der Waals surface area contributed by atoms with Gasteiger partial charge in [-0.05, 0) is 61.4 Å². The molecule has 1 aliphatic rings. The second-order valence-corrected chi connectivity index (χ2v) is 11.1. The summed E-state index contributed by atoms with van der Waals surface area (Å²) in [7, 11) is 0. The Bertz CT molecular complexity index is 2100. The number of rotatable bonds is 4. The lowest BCUT2D eigenvalue weighted by Gasteiger charge is -2.13. The van der Waals surface area contributed by atoms with E-state index in [1.807, 2.05) is 24.3 Å². The van der Waals surface area contributed by atoms with Gasteiger partial charge in [-0.3, -0.25) is 0 Å². The van der Waals surface area contributed by atoms with E-state index in [1.165, 1.54) is 25.2 Å². The lowest BCUT2D eigenvalue weighted by atomic mass is 10.2. The molecule has 0 spiro atoms. The van der Waals surface area contributed by atoms with Crippen LogP contribution in [-0.4, -0.2) is 38.0 Å². The molecule has 4 amide bonds. The molecule has 14 heteroatoms. The van der Waals surface area contributed by atoms with E-state index < -0.39 is 17.7 Å². The monoisotopic (exact) mass is 686 g/mol. The molecule has 0 atom stereocenters. The predicted octanol–water partition coefficient (Wildman–Crippen LogP) is 5.90. The first-order valence-corrected chi connectivity index (χ1v) is 15.7. The molecular weight excluding hydrogens is 654 g/mol. The number of aromatic nitrogens is 4. The number of nitrogens with two attached hydrogens (primary N) is 2. The van der Waals surface area contributed by atoms with Gasteiger partial charge in [0.25, 0.3) is 0 Å². The van der Waals surface area contributed by atoms with Gasteiger partial charge in [0.2, 0.25) is 11.9 Å². The summed E-state index contributed by atoms with van der Waals surface area (Å²) in [6, 6.07) is 16.4. The van der Waals surface area contributed by atoms with Crippen molar-refractivity contribution in [2.45, 2.75) is 31.7 Å². The highest BCUT2D eigenvalue weighted by Gasteiger charge is 2.17. The van der Waals surface area contributed by atoms with Crippen molar-refractivity contribution in [3.8, 4) is 23.7 Å². The summed E-state index contributed by atoms with van der Waals surface area (Å²) in [4.78, 5) is 39.5. The smallest absolute Gasteiger partial charge is 0.323 e. The van der Waals surface area contributed by atoms with Crippen LogP contribution in [0, 0.1) is 35.3 Å². The normalized spacial score (nSPS) is 11.7. The number of hydrogen-bond donors (Lipinski definition) is 6. The molecule has 1 fully saturated rings. The van der Waals surface area contributed by atoms with Crippen LogP contribution in [0.25, 0.3) is 0 Å². The Kier molecular flexibility index (Phi) is 12.0. The Morgan fingerprint density at radius 2 is 1.02 bits per heavy atom. The molecule has 256 valence electrons. The topological polar surface area (TPSA) is 186 Å². The fourth-order valence-electron chi connectivity index (χ4n) is 4.79. The minimum Gasteiger partial charge on any atom is -0.368 e. The number of hydrogen-bond acceptors (Lipinski definition) is 8. The van der Waals surface area contributed by atoms with Crippen LogP contribution < -0.4 is 32.7 Å². The van der Waals surface area contributed by atoms with Crippen LogP contribution in [-0.2, 0) is 0 Å². The summed E-state index contributed by atoms with van der Waals surface area (Å²) in [6.45, 7) is 0. The fourth-order valence-corrected chi connectivity index (χ4v) is 4.79. The van der Waals surface area contributed by atoms with Crippen LogP contribution in [0.5, 0.6) is 0 Å². The Balaban J connectivity index is 0.000000199. The van der Waals surface area contributed by atoms with Crippen LogP contribution in [0.15, 0.2) is 91.5 Å². The number of urea groups is 2. The van der Waals surface area contributed by atoms with E-state index in [2.05, 4.69) is 64.9 Å². The van der Waals surface area contributed by atoms with Gasteiger partial charge in [-0.2, -0.15) is 0 Å². The van der Waals surface area contributed by atoms with Gasteiger partial charge in [0, 0.05) is 65.1 Å². The third kappa shape index (κ3) is 11.8. The summed E-state index contributed by atoms with van der Waals surface area (Å²) in [6.07, 6.45) is 10.6. The third-order valence-corrected chi connectivity index (χ3v) is 7.10. The Morgan fingerprint density at radius 3 is 1.51 bits per heavy atom. The number of nitrogen functional groups attached to an aromatic ring is 2. The van der Waals surface area contributed by atoms with Gasteiger partial charge < -0.3 is 32.7 Å². The van der Waals surface area contributed by atoms with Gasteiger partial charge in [0.15, 0.2) is 0 Å². The van der Waals surface area contributed by atoms with Crippen molar-refractivity contribution in [3.63, 3.8) is 0 Å². The predicted molar refractivity (Wildman–Crippen MR) is 191 cm³/mol. The van der Waals surface area contributed by atoms with Crippen LogP contribution in [0.1, 0.15) is 47.9 Å². The number of halogens is 2. The van der Waals surface area contributed by atoms with E-state index in [1.54, 1.807) is 36.7 Å². The van der Waals surface area contributed by atoms with E-state index >= 15 is 0 Å². The zero-order valence-corrected chi connectivity index (χ0v) is 27.1. The average Bonchev–Trinajstić information content (AvgIpc) is 3.61. The van der Waals surface area contributed by atoms with Crippen molar-refractivity contribution < 1.29 is 18.4 Å². The molecular formula is C37H32F2N10O2. The standard InChI is InChI=1S/C19H13F2N5O.C18H19N5O/c20-14-7-15(21)9-17(8-14)26-19(27)25-16-3-1-2-12(6-16)4-5-13-10-23-18(22)24-11-13;19-17-20-11-14(12-21-17)9-8-13-4-3-7-16(10-13)23-18(24)22-15-5-1-2-6-15/h1-3,6-11H,(H2,22,23,24)(H2,25,26,27);3-4,7,10-12,15H,1-2,5-6H2,(H2,19,20,21)(H2,22,23,24). The molecule has 0 bridgehead atoms. The maximum absolute atomic E-state index is 13.2. The van der Waals surface area contributed by atoms with Crippen LogP contribution in [0.2, 0.25) is 0 Å². The van der Waals surface area contributed by atoms with Gasteiger partial charge in [0.1, 0.15) is 11.6 Å². The highest BCUT2D eigenvalue weighted by Crippen LogP contribution is 2.18. The van der Waals surface area contributed by atoms with Gasteiger partial charge in [-0.25, -0.2) is 38.3 Å². The SMILES string of the molecule is Nc1ncc(C#Cc2cccc(NC(=O)NC3CCCC3)c2)cn1.Nc1ncc(C#Cc2cccc(NC(=O)Nc3cc(F)cc(F)c3)c2)cn1. The summed E-state index contributed by atoms with van der Waals surface area (Å²) >= 11 is 0. The molecule has 6 rings (SSSR count). The molecule has 2 aromatic heterocycles. The molecule has 1 aliphatic carbocycles. The van der Waals surface area contributed by atoms with Crippen molar-refractivity contribution in [2.75, 3.05) is 27.4 Å². The van der Waals surface area contributed by atoms with E-state index in [0.29, 0.717) is 34.1 Å². The molecule has 51 heavy (non-hydrogen) atoms. The van der Waals surface area contributed by atoms with Crippen molar-refractivity contribution in [3.05, 3.63) is 125 Å². The molecule has 1 saturated carbocycles. The highest BCUT2D eigenvalue weighted by atomic mass is 19.1. The summed E-state index contributed by atoms with van der Waals surface area (Å²) in [5.41, 5.74) is 14.7.